The van der Waals surface area contributed by atoms with Gasteiger partial charge < -0.3 is 9.88 Å². The van der Waals surface area contributed by atoms with E-state index >= 15 is 0 Å². The Morgan fingerprint density at radius 2 is 2.47 bits per heavy atom. The average molecular weight is 254 g/mol. The zero-order chi connectivity index (χ0) is 12.3. The third-order valence-corrected chi connectivity index (χ3v) is 2.62. The number of nitrogens with zero attached hydrogens (tertiary/aromatic N) is 3. The number of aromatic nitrogens is 4. The van der Waals surface area contributed by atoms with Crippen molar-refractivity contribution >= 4 is 17.3 Å². The Balaban J connectivity index is 2.05. The molecule has 90 valence electrons. The molecule has 2 heterocycles. The summed E-state index contributed by atoms with van der Waals surface area (Å²) in [4.78, 5) is 15.2. The van der Waals surface area contributed by atoms with E-state index in [4.69, 9.17) is 11.6 Å². The van der Waals surface area contributed by atoms with Gasteiger partial charge in [-0.2, -0.15) is 5.10 Å². The van der Waals surface area contributed by atoms with Crippen LogP contribution < -0.4 is 10.9 Å². The molecular weight excluding hydrogens is 242 g/mol. The quantitative estimate of drug-likeness (QED) is 0.856. The standard InChI is InChI=1S/C10H12ClN5O/c1-7(5-16-3-2-12-6-16)14-8-4-13-15-10(17)9(8)11/h2-4,6-7H,5H2,1H3,(H2,14,15,17). The fourth-order valence-electron chi connectivity index (χ4n) is 1.51. The summed E-state index contributed by atoms with van der Waals surface area (Å²) < 4.78 is 1.94. The Labute approximate surface area is 103 Å². The Hall–Kier alpha value is -1.82. The van der Waals surface area contributed by atoms with Crippen LogP contribution in [0.2, 0.25) is 5.02 Å². The Bertz CT molecular complexity index is 536. The molecule has 1 atom stereocenters. The maximum Gasteiger partial charge on any atom is 0.285 e. The number of H-pyrrole nitrogens is 1. The summed E-state index contributed by atoms with van der Waals surface area (Å²) in [6.07, 6.45) is 6.81. The number of imidazole rings is 1. The molecule has 2 aromatic rings. The normalized spacial score (nSPS) is 12.4. The number of halogens is 1. The van der Waals surface area contributed by atoms with Gasteiger partial charge >= 0.3 is 0 Å². The van der Waals surface area contributed by atoms with Crippen LogP contribution in [0.5, 0.6) is 0 Å². The van der Waals surface area contributed by atoms with Crippen molar-refractivity contribution in [1.82, 2.24) is 19.7 Å². The molecule has 2 N–H and O–H groups in total. The molecule has 2 rings (SSSR count). The number of hydrogen-bond donors (Lipinski definition) is 2. The van der Waals surface area contributed by atoms with Crippen LogP contribution in [0.25, 0.3) is 0 Å². The second kappa shape index (κ2) is 5.01. The maximum absolute atomic E-state index is 11.2. The maximum atomic E-state index is 11.2. The highest BCUT2D eigenvalue weighted by Gasteiger charge is 2.08. The summed E-state index contributed by atoms with van der Waals surface area (Å²) >= 11 is 5.85. The van der Waals surface area contributed by atoms with E-state index < -0.39 is 5.56 Å². The summed E-state index contributed by atoms with van der Waals surface area (Å²) in [5.74, 6) is 0. The predicted octanol–water partition coefficient (Wildman–Crippen LogP) is 1.12. The van der Waals surface area contributed by atoms with Crippen molar-refractivity contribution in [2.24, 2.45) is 0 Å². The third kappa shape index (κ3) is 2.85. The van der Waals surface area contributed by atoms with Crippen LogP contribution in [0.15, 0.2) is 29.7 Å². The van der Waals surface area contributed by atoms with Crippen LogP contribution >= 0.6 is 11.6 Å². The van der Waals surface area contributed by atoms with E-state index in [-0.39, 0.29) is 11.1 Å². The van der Waals surface area contributed by atoms with Gasteiger partial charge in [-0.15, -0.1) is 0 Å². The second-order valence-corrected chi connectivity index (χ2v) is 4.11. The molecule has 0 fully saturated rings. The van der Waals surface area contributed by atoms with Crippen molar-refractivity contribution in [2.45, 2.75) is 19.5 Å². The molecule has 0 saturated carbocycles. The Morgan fingerprint density at radius 1 is 1.65 bits per heavy atom. The van der Waals surface area contributed by atoms with E-state index in [1.165, 1.54) is 6.20 Å². The molecule has 2 aromatic heterocycles. The molecule has 0 aliphatic heterocycles. The van der Waals surface area contributed by atoms with E-state index in [1.807, 2.05) is 17.7 Å². The first kappa shape index (κ1) is 11.7. The largest absolute Gasteiger partial charge is 0.378 e. The first-order valence-electron chi connectivity index (χ1n) is 5.12. The predicted molar refractivity (Wildman–Crippen MR) is 65.2 cm³/mol. The third-order valence-electron chi connectivity index (χ3n) is 2.24. The van der Waals surface area contributed by atoms with Gasteiger partial charge in [0.15, 0.2) is 0 Å². The van der Waals surface area contributed by atoms with Crippen LogP contribution in [-0.4, -0.2) is 25.8 Å². The van der Waals surface area contributed by atoms with Crippen molar-refractivity contribution in [3.63, 3.8) is 0 Å². The van der Waals surface area contributed by atoms with E-state index in [0.29, 0.717) is 5.69 Å². The second-order valence-electron chi connectivity index (χ2n) is 3.73. The van der Waals surface area contributed by atoms with Gasteiger partial charge in [0, 0.05) is 25.0 Å². The van der Waals surface area contributed by atoms with Crippen molar-refractivity contribution in [1.29, 1.82) is 0 Å². The van der Waals surface area contributed by atoms with Crippen LogP contribution in [0.4, 0.5) is 5.69 Å². The number of aromatic amines is 1. The number of rotatable bonds is 4. The van der Waals surface area contributed by atoms with Gasteiger partial charge in [0.05, 0.1) is 18.2 Å². The van der Waals surface area contributed by atoms with Crippen LogP contribution in [0, 0.1) is 0 Å². The molecule has 17 heavy (non-hydrogen) atoms. The molecular formula is C10H12ClN5O. The van der Waals surface area contributed by atoms with Gasteiger partial charge in [-0.1, -0.05) is 11.6 Å². The minimum Gasteiger partial charge on any atom is -0.378 e. The molecule has 0 spiro atoms. The van der Waals surface area contributed by atoms with Gasteiger partial charge in [0.2, 0.25) is 0 Å². The van der Waals surface area contributed by atoms with Gasteiger partial charge in [0.1, 0.15) is 5.02 Å². The highest BCUT2D eigenvalue weighted by molar-refractivity contribution is 6.32. The van der Waals surface area contributed by atoms with Crippen molar-refractivity contribution in [3.05, 3.63) is 40.3 Å². The summed E-state index contributed by atoms with van der Waals surface area (Å²) in [5, 5.41) is 9.21. The van der Waals surface area contributed by atoms with Gasteiger partial charge in [0.25, 0.3) is 5.56 Å². The summed E-state index contributed by atoms with van der Waals surface area (Å²) in [6, 6.07) is 0.102. The molecule has 7 heteroatoms. The number of hydrogen-bond acceptors (Lipinski definition) is 4. The monoisotopic (exact) mass is 253 g/mol. The first-order chi connectivity index (χ1) is 8.16. The lowest BCUT2D eigenvalue weighted by atomic mass is 10.3. The molecule has 0 bridgehead atoms. The first-order valence-corrected chi connectivity index (χ1v) is 5.50. The zero-order valence-corrected chi connectivity index (χ0v) is 9.98. The van der Waals surface area contributed by atoms with E-state index in [2.05, 4.69) is 20.5 Å². The van der Waals surface area contributed by atoms with Gasteiger partial charge in [-0.25, -0.2) is 10.1 Å². The van der Waals surface area contributed by atoms with Crippen LogP contribution in [0.1, 0.15) is 6.92 Å². The average Bonchev–Trinajstić information content (AvgIpc) is 2.77. The Morgan fingerprint density at radius 3 is 3.18 bits per heavy atom. The lowest BCUT2D eigenvalue weighted by molar-refractivity contribution is 0.618. The molecule has 0 radical (unpaired) electrons. The smallest absolute Gasteiger partial charge is 0.285 e. The summed E-state index contributed by atoms with van der Waals surface area (Å²) in [5.41, 5.74) is 0.134. The fourth-order valence-corrected chi connectivity index (χ4v) is 1.65. The van der Waals surface area contributed by atoms with Crippen LogP contribution in [0.3, 0.4) is 0 Å². The minimum absolute atomic E-state index is 0.102. The SMILES string of the molecule is CC(Cn1ccnc1)Nc1cn[nH]c(=O)c1Cl. The molecule has 0 saturated heterocycles. The number of anilines is 1. The van der Waals surface area contributed by atoms with E-state index in [9.17, 15) is 4.79 Å². The molecule has 0 aliphatic rings. The molecule has 1 unspecified atom stereocenters. The van der Waals surface area contributed by atoms with Gasteiger partial charge in [-0.05, 0) is 6.92 Å². The lowest BCUT2D eigenvalue weighted by Crippen LogP contribution is -2.23. The molecule has 0 aromatic carbocycles. The van der Waals surface area contributed by atoms with E-state index in [1.54, 1.807) is 12.5 Å². The highest BCUT2D eigenvalue weighted by Crippen LogP contribution is 2.15. The molecule has 6 nitrogen and oxygen atoms in total. The fraction of sp³-hybridized carbons (Fsp3) is 0.300. The van der Waals surface area contributed by atoms with Crippen LogP contribution in [-0.2, 0) is 6.54 Å². The topological polar surface area (TPSA) is 75.6 Å². The zero-order valence-electron chi connectivity index (χ0n) is 9.22. The minimum atomic E-state index is -0.397. The Kier molecular flexibility index (Phi) is 3.43. The van der Waals surface area contributed by atoms with Crippen molar-refractivity contribution in [2.75, 3.05) is 5.32 Å². The summed E-state index contributed by atoms with van der Waals surface area (Å²) in [6.45, 7) is 2.71. The number of nitrogens with one attached hydrogen (secondary N) is 2. The molecule has 0 amide bonds. The summed E-state index contributed by atoms with van der Waals surface area (Å²) in [7, 11) is 0. The van der Waals surface area contributed by atoms with Crippen molar-refractivity contribution in [3.8, 4) is 0 Å². The molecule has 0 aliphatic carbocycles. The lowest BCUT2D eigenvalue weighted by Gasteiger charge is -2.15. The van der Waals surface area contributed by atoms with Gasteiger partial charge in [-0.3, -0.25) is 4.79 Å². The van der Waals surface area contributed by atoms with Crippen molar-refractivity contribution < 1.29 is 0 Å². The van der Waals surface area contributed by atoms with E-state index in [0.717, 1.165) is 6.54 Å². The highest BCUT2D eigenvalue weighted by atomic mass is 35.5.